The highest BCUT2D eigenvalue weighted by Crippen LogP contribution is 2.24. The molecule has 0 radical (unpaired) electrons. The lowest BCUT2D eigenvalue weighted by atomic mass is 9.94. The number of hydrogen-bond donors (Lipinski definition) is 2. The first-order chi connectivity index (χ1) is 12.8. The Labute approximate surface area is 155 Å². The molecule has 1 saturated heterocycles. The first-order valence-electron chi connectivity index (χ1n) is 9.91. The summed E-state index contributed by atoms with van der Waals surface area (Å²) >= 11 is 0. The molecule has 138 valence electrons. The largest absolute Gasteiger partial charge is 0.371 e. The summed E-state index contributed by atoms with van der Waals surface area (Å²) in [6.45, 7) is 2.88. The normalized spacial score (nSPS) is 19.4. The number of aromatic nitrogens is 2. The van der Waals surface area contributed by atoms with Crippen LogP contribution in [0.25, 0.3) is 0 Å². The van der Waals surface area contributed by atoms with Crippen molar-refractivity contribution in [1.29, 1.82) is 0 Å². The Morgan fingerprint density at radius 2 is 2.08 bits per heavy atom. The minimum absolute atomic E-state index is 0.149. The van der Waals surface area contributed by atoms with E-state index in [9.17, 15) is 4.79 Å². The maximum absolute atomic E-state index is 12.3. The van der Waals surface area contributed by atoms with Crippen molar-refractivity contribution in [1.82, 2.24) is 15.5 Å². The third-order valence-corrected chi connectivity index (χ3v) is 5.73. The Balaban J connectivity index is 1.21. The Bertz CT molecular complexity index is 740. The lowest BCUT2D eigenvalue weighted by molar-refractivity contribution is -0.121. The predicted molar refractivity (Wildman–Crippen MR) is 103 cm³/mol. The topological polar surface area (TPSA) is 61.0 Å². The number of nitrogens with zero attached hydrogens (tertiary/aromatic N) is 2. The van der Waals surface area contributed by atoms with Gasteiger partial charge in [-0.1, -0.05) is 18.2 Å². The van der Waals surface area contributed by atoms with Crippen LogP contribution in [0.3, 0.4) is 0 Å². The Morgan fingerprint density at radius 3 is 2.96 bits per heavy atom. The molecule has 0 saturated carbocycles. The molecule has 5 heteroatoms. The van der Waals surface area contributed by atoms with Gasteiger partial charge in [-0.25, -0.2) is 0 Å². The number of hydrogen-bond acceptors (Lipinski definition) is 3. The van der Waals surface area contributed by atoms with Crippen molar-refractivity contribution in [2.45, 2.75) is 44.9 Å². The second-order valence-electron chi connectivity index (χ2n) is 7.57. The van der Waals surface area contributed by atoms with Gasteiger partial charge in [0.25, 0.3) is 0 Å². The number of para-hydroxylation sites is 1. The summed E-state index contributed by atoms with van der Waals surface area (Å²) in [5.41, 5.74) is 5.05. The van der Waals surface area contributed by atoms with Gasteiger partial charge in [0.15, 0.2) is 0 Å². The van der Waals surface area contributed by atoms with E-state index in [1.165, 1.54) is 29.8 Å². The van der Waals surface area contributed by atoms with Gasteiger partial charge in [0, 0.05) is 43.9 Å². The number of carbonyl (C=O) groups excluding carboxylic acids is 1. The number of nitrogens with one attached hydrogen (secondary N) is 2. The summed E-state index contributed by atoms with van der Waals surface area (Å²) in [4.78, 5) is 14.7. The first-order valence-corrected chi connectivity index (χ1v) is 9.91. The number of carbonyl (C=O) groups is 1. The molecule has 2 aromatic rings. The van der Waals surface area contributed by atoms with Crippen LogP contribution in [-0.2, 0) is 24.1 Å². The van der Waals surface area contributed by atoms with Crippen LogP contribution in [0.1, 0.15) is 42.6 Å². The third-order valence-electron chi connectivity index (χ3n) is 5.73. The molecule has 2 heterocycles. The van der Waals surface area contributed by atoms with Gasteiger partial charge in [-0.15, -0.1) is 0 Å². The molecule has 1 fully saturated rings. The minimum atomic E-state index is 0.149. The molecule has 1 aromatic carbocycles. The standard InChI is InChI=1S/C21H28N4O/c26-21(11-10-20-18-8-4-5-9-19(18)23-24-20)22-14-16-12-13-25(15-16)17-6-2-1-3-7-17/h1-3,6-7,16H,4-5,8-15H2,(H,22,26)(H,23,24)/t16-/m0/s1. The second-order valence-corrected chi connectivity index (χ2v) is 7.57. The van der Waals surface area contributed by atoms with Gasteiger partial charge in [0.05, 0.1) is 5.69 Å². The average molecular weight is 352 g/mol. The number of aryl methyl sites for hydroxylation is 2. The van der Waals surface area contributed by atoms with Gasteiger partial charge in [0.1, 0.15) is 0 Å². The summed E-state index contributed by atoms with van der Waals surface area (Å²) in [6, 6.07) is 10.5. The van der Waals surface area contributed by atoms with E-state index in [0.29, 0.717) is 12.3 Å². The van der Waals surface area contributed by atoms with Crippen LogP contribution >= 0.6 is 0 Å². The molecule has 0 bridgehead atoms. The van der Waals surface area contributed by atoms with Crippen molar-refractivity contribution in [3.05, 3.63) is 47.3 Å². The fraction of sp³-hybridized carbons (Fsp3) is 0.524. The molecule has 5 nitrogen and oxygen atoms in total. The van der Waals surface area contributed by atoms with E-state index in [2.05, 4.69) is 44.7 Å². The summed E-state index contributed by atoms with van der Waals surface area (Å²) in [6.07, 6.45) is 7.13. The highest BCUT2D eigenvalue weighted by Gasteiger charge is 2.23. The van der Waals surface area contributed by atoms with Crippen molar-refractivity contribution in [3.63, 3.8) is 0 Å². The summed E-state index contributed by atoms with van der Waals surface area (Å²) in [5.74, 6) is 0.688. The number of benzene rings is 1. The van der Waals surface area contributed by atoms with Gasteiger partial charge in [-0.05, 0) is 55.7 Å². The van der Waals surface area contributed by atoms with Crippen molar-refractivity contribution >= 4 is 11.6 Å². The van der Waals surface area contributed by atoms with E-state index in [1.807, 2.05) is 6.07 Å². The lowest BCUT2D eigenvalue weighted by Crippen LogP contribution is -2.31. The predicted octanol–water partition coefficient (Wildman–Crippen LogP) is 2.86. The molecule has 4 rings (SSSR count). The van der Waals surface area contributed by atoms with E-state index >= 15 is 0 Å². The Hall–Kier alpha value is -2.30. The van der Waals surface area contributed by atoms with E-state index in [-0.39, 0.29) is 5.91 Å². The summed E-state index contributed by atoms with van der Waals surface area (Å²) < 4.78 is 0. The van der Waals surface area contributed by atoms with Gasteiger partial charge in [0.2, 0.25) is 5.91 Å². The number of amides is 1. The van der Waals surface area contributed by atoms with Crippen LogP contribution in [0.4, 0.5) is 5.69 Å². The number of aromatic amines is 1. The van der Waals surface area contributed by atoms with E-state index in [4.69, 9.17) is 0 Å². The van der Waals surface area contributed by atoms with E-state index < -0.39 is 0 Å². The van der Waals surface area contributed by atoms with Crippen LogP contribution in [0.5, 0.6) is 0 Å². The van der Waals surface area contributed by atoms with E-state index in [1.54, 1.807) is 0 Å². The maximum atomic E-state index is 12.3. The number of rotatable bonds is 6. The molecule has 1 aliphatic heterocycles. The zero-order valence-electron chi connectivity index (χ0n) is 15.3. The van der Waals surface area contributed by atoms with Crippen molar-refractivity contribution in [3.8, 4) is 0 Å². The quantitative estimate of drug-likeness (QED) is 0.840. The molecule has 0 spiro atoms. The minimum Gasteiger partial charge on any atom is -0.371 e. The van der Waals surface area contributed by atoms with Crippen molar-refractivity contribution in [2.24, 2.45) is 5.92 Å². The number of fused-ring (bicyclic) bond motifs is 1. The Kier molecular flexibility index (Phi) is 5.23. The first kappa shape index (κ1) is 17.1. The van der Waals surface area contributed by atoms with Crippen LogP contribution in [0, 0.1) is 5.92 Å². The third kappa shape index (κ3) is 3.92. The zero-order valence-corrected chi connectivity index (χ0v) is 15.3. The molecule has 1 atom stereocenters. The molecule has 0 unspecified atom stereocenters. The second kappa shape index (κ2) is 7.94. The molecule has 1 aromatic heterocycles. The highest BCUT2D eigenvalue weighted by atomic mass is 16.1. The summed E-state index contributed by atoms with van der Waals surface area (Å²) in [5, 5.41) is 10.7. The van der Waals surface area contributed by atoms with Crippen LogP contribution in [0.2, 0.25) is 0 Å². The molecule has 2 N–H and O–H groups in total. The molecular formula is C21H28N4O. The van der Waals surface area contributed by atoms with Crippen LogP contribution in [0.15, 0.2) is 30.3 Å². The smallest absolute Gasteiger partial charge is 0.220 e. The van der Waals surface area contributed by atoms with Crippen molar-refractivity contribution < 1.29 is 4.79 Å². The van der Waals surface area contributed by atoms with E-state index in [0.717, 1.165) is 51.0 Å². The fourth-order valence-electron chi connectivity index (χ4n) is 4.21. The summed E-state index contributed by atoms with van der Waals surface area (Å²) in [7, 11) is 0. The van der Waals surface area contributed by atoms with Crippen molar-refractivity contribution in [2.75, 3.05) is 24.5 Å². The fourth-order valence-corrected chi connectivity index (χ4v) is 4.21. The molecular weight excluding hydrogens is 324 g/mol. The molecule has 26 heavy (non-hydrogen) atoms. The van der Waals surface area contributed by atoms with Gasteiger partial charge in [-0.3, -0.25) is 9.89 Å². The average Bonchev–Trinajstić information content (AvgIpc) is 3.33. The lowest BCUT2D eigenvalue weighted by Gasteiger charge is -2.18. The van der Waals surface area contributed by atoms with Gasteiger partial charge < -0.3 is 10.2 Å². The Morgan fingerprint density at radius 1 is 1.23 bits per heavy atom. The molecule has 1 amide bonds. The number of H-pyrrole nitrogens is 1. The zero-order chi connectivity index (χ0) is 17.8. The molecule has 2 aliphatic rings. The van der Waals surface area contributed by atoms with Gasteiger partial charge >= 0.3 is 0 Å². The monoisotopic (exact) mass is 352 g/mol. The highest BCUT2D eigenvalue weighted by molar-refractivity contribution is 5.76. The van der Waals surface area contributed by atoms with Crippen LogP contribution < -0.4 is 10.2 Å². The maximum Gasteiger partial charge on any atom is 0.220 e. The molecule has 1 aliphatic carbocycles. The number of anilines is 1. The SMILES string of the molecule is O=C(CCc1n[nH]c2c1CCCC2)NC[C@@H]1CCN(c2ccccc2)C1. The van der Waals surface area contributed by atoms with Crippen LogP contribution in [-0.4, -0.2) is 35.7 Å². The van der Waals surface area contributed by atoms with Gasteiger partial charge in [-0.2, -0.15) is 5.10 Å².